The monoisotopic (exact) mass is 241 g/mol. The average molecular weight is 241 g/mol. The highest BCUT2D eigenvalue weighted by atomic mass is 16.3. The van der Waals surface area contributed by atoms with Crippen LogP contribution in [0.3, 0.4) is 0 Å². The van der Waals surface area contributed by atoms with Crippen LogP contribution in [0.1, 0.15) is 25.7 Å². The summed E-state index contributed by atoms with van der Waals surface area (Å²) in [4.78, 5) is 4.71. The van der Waals surface area contributed by atoms with Crippen LogP contribution in [0.2, 0.25) is 0 Å². The standard InChI is InChI=1S/C13H27N3O/c1-15(2)8-11-7-12(17)9-16(11)10-13(3-4-13)5-6-14/h11-12,17H,3-10,14H2,1-2H3. The van der Waals surface area contributed by atoms with Gasteiger partial charge in [0.1, 0.15) is 0 Å². The van der Waals surface area contributed by atoms with E-state index in [2.05, 4.69) is 23.9 Å². The first-order valence-corrected chi connectivity index (χ1v) is 6.81. The van der Waals surface area contributed by atoms with E-state index in [-0.39, 0.29) is 6.10 Å². The number of rotatable bonds is 6. The van der Waals surface area contributed by atoms with E-state index in [0.717, 1.165) is 39.0 Å². The van der Waals surface area contributed by atoms with Gasteiger partial charge in [-0.25, -0.2) is 0 Å². The molecule has 0 aromatic heterocycles. The quantitative estimate of drug-likeness (QED) is 0.693. The van der Waals surface area contributed by atoms with Crippen LogP contribution in [-0.2, 0) is 0 Å². The van der Waals surface area contributed by atoms with Crippen molar-refractivity contribution in [3.8, 4) is 0 Å². The smallest absolute Gasteiger partial charge is 0.0682 e. The second-order valence-electron chi connectivity index (χ2n) is 6.27. The molecule has 1 heterocycles. The second kappa shape index (κ2) is 5.22. The summed E-state index contributed by atoms with van der Waals surface area (Å²) in [7, 11) is 4.21. The largest absolute Gasteiger partial charge is 0.392 e. The Morgan fingerprint density at radius 3 is 2.65 bits per heavy atom. The Hall–Kier alpha value is -0.160. The highest BCUT2D eigenvalue weighted by Gasteiger charge is 2.45. The molecule has 1 aliphatic heterocycles. The second-order valence-corrected chi connectivity index (χ2v) is 6.27. The van der Waals surface area contributed by atoms with E-state index in [1.807, 2.05) is 0 Å². The number of hydrogen-bond donors (Lipinski definition) is 2. The summed E-state index contributed by atoms with van der Waals surface area (Å²) in [6.45, 7) is 3.84. The first-order chi connectivity index (χ1) is 8.04. The van der Waals surface area contributed by atoms with Gasteiger partial charge >= 0.3 is 0 Å². The number of aliphatic hydroxyl groups is 1. The highest BCUT2D eigenvalue weighted by molar-refractivity contribution is 4.99. The fraction of sp³-hybridized carbons (Fsp3) is 1.00. The highest BCUT2D eigenvalue weighted by Crippen LogP contribution is 2.49. The molecule has 2 atom stereocenters. The lowest BCUT2D eigenvalue weighted by molar-refractivity contribution is 0.151. The zero-order chi connectivity index (χ0) is 12.5. The number of likely N-dealkylation sites (N-methyl/N-ethyl adjacent to an activating group) is 1. The van der Waals surface area contributed by atoms with Crippen molar-refractivity contribution in [1.29, 1.82) is 0 Å². The van der Waals surface area contributed by atoms with Crippen molar-refractivity contribution >= 4 is 0 Å². The van der Waals surface area contributed by atoms with Crippen LogP contribution < -0.4 is 5.73 Å². The molecule has 4 heteroatoms. The molecule has 1 aliphatic carbocycles. The number of β-amino-alcohol motifs (C(OH)–C–C–N with tert-alkyl or cyclic N) is 1. The lowest BCUT2D eigenvalue weighted by Gasteiger charge is -2.30. The molecule has 17 heavy (non-hydrogen) atoms. The van der Waals surface area contributed by atoms with Gasteiger partial charge in [0.05, 0.1) is 6.10 Å². The zero-order valence-corrected chi connectivity index (χ0v) is 11.2. The molecule has 1 saturated heterocycles. The molecule has 4 nitrogen and oxygen atoms in total. The number of nitrogens with two attached hydrogens (primary N) is 1. The number of likely N-dealkylation sites (tertiary alicyclic amines) is 1. The predicted octanol–water partition coefficient (Wildman–Crippen LogP) is 0.112. The Morgan fingerprint density at radius 2 is 2.12 bits per heavy atom. The molecule has 100 valence electrons. The molecule has 0 bridgehead atoms. The fourth-order valence-electron chi connectivity index (χ4n) is 3.16. The number of nitrogens with zero attached hydrogens (tertiary/aromatic N) is 2. The maximum absolute atomic E-state index is 9.85. The maximum atomic E-state index is 9.85. The van der Waals surface area contributed by atoms with Gasteiger partial charge < -0.3 is 15.7 Å². The Kier molecular flexibility index (Phi) is 4.08. The van der Waals surface area contributed by atoms with Crippen LogP contribution in [0, 0.1) is 5.41 Å². The van der Waals surface area contributed by atoms with Gasteiger partial charge in [-0.15, -0.1) is 0 Å². The summed E-state index contributed by atoms with van der Waals surface area (Å²) in [6, 6.07) is 0.523. The Bertz CT molecular complexity index is 253. The molecule has 1 saturated carbocycles. The third-order valence-corrected chi connectivity index (χ3v) is 4.25. The van der Waals surface area contributed by atoms with Crippen LogP contribution in [0.4, 0.5) is 0 Å². The Labute approximate surface area is 105 Å². The molecular formula is C13H27N3O. The fourth-order valence-corrected chi connectivity index (χ4v) is 3.16. The van der Waals surface area contributed by atoms with Gasteiger partial charge in [-0.3, -0.25) is 4.90 Å². The summed E-state index contributed by atoms with van der Waals surface area (Å²) in [6.07, 6.45) is 4.59. The van der Waals surface area contributed by atoms with Gasteiger partial charge in [-0.2, -0.15) is 0 Å². The normalized spacial score (nSPS) is 32.3. The summed E-state index contributed by atoms with van der Waals surface area (Å²) in [5.74, 6) is 0. The Morgan fingerprint density at radius 1 is 1.41 bits per heavy atom. The van der Waals surface area contributed by atoms with Crippen LogP contribution in [-0.4, -0.2) is 67.3 Å². The van der Waals surface area contributed by atoms with E-state index in [4.69, 9.17) is 5.73 Å². The molecule has 3 N–H and O–H groups in total. The van der Waals surface area contributed by atoms with E-state index < -0.39 is 0 Å². The van der Waals surface area contributed by atoms with E-state index >= 15 is 0 Å². The Balaban J connectivity index is 1.89. The first-order valence-electron chi connectivity index (χ1n) is 6.81. The molecule has 0 aromatic carbocycles. The molecule has 0 spiro atoms. The van der Waals surface area contributed by atoms with Gasteiger partial charge in [-0.05, 0) is 51.7 Å². The minimum atomic E-state index is -0.131. The minimum absolute atomic E-state index is 0.131. The molecule has 0 amide bonds. The minimum Gasteiger partial charge on any atom is -0.392 e. The van der Waals surface area contributed by atoms with Gasteiger partial charge in [-0.1, -0.05) is 0 Å². The lowest BCUT2D eigenvalue weighted by atomic mass is 10.0. The van der Waals surface area contributed by atoms with Crippen LogP contribution in [0.5, 0.6) is 0 Å². The van der Waals surface area contributed by atoms with Crippen molar-refractivity contribution in [2.45, 2.75) is 37.8 Å². The third-order valence-electron chi connectivity index (χ3n) is 4.25. The number of aliphatic hydroxyl groups excluding tert-OH is 1. The summed E-state index contributed by atoms with van der Waals surface area (Å²) < 4.78 is 0. The van der Waals surface area contributed by atoms with E-state index in [0.29, 0.717) is 11.5 Å². The average Bonchev–Trinajstić information content (AvgIpc) is 2.87. The van der Waals surface area contributed by atoms with E-state index in [1.165, 1.54) is 12.8 Å². The summed E-state index contributed by atoms with van der Waals surface area (Å²) in [5, 5.41) is 9.85. The van der Waals surface area contributed by atoms with E-state index in [1.54, 1.807) is 0 Å². The first kappa shape index (κ1) is 13.3. The summed E-state index contributed by atoms with van der Waals surface area (Å²) >= 11 is 0. The van der Waals surface area contributed by atoms with Crippen molar-refractivity contribution in [3.05, 3.63) is 0 Å². The van der Waals surface area contributed by atoms with Crippen LogP contribution in [0.15, 0.2) is 0 Å². The van der Waals surface area contributed by atoms with Gasteiger partial charge in [0.15, 0.2) is 0 Å². The topological polar surface area (TPSA) is 52.7 Å². The summed E-state index contributed by atoms with van der Waals surface area (Å²) in [5.41, 5.74) is 6.18. The predicted molar refractivity (Wildman–Crippen MR) is 69.9 cm³/mol. The molecule has 2 rings (SSSR count). The van der Waals surface area contributed by atoms with Crippen molar-refractivity contribution in [2.24, 2.45) is 11.1 Å². The molecule has 0 aromatic rings. The number of hydrogen-bond acceptors (Lipinski definition) is 4. The van der Waals surface area contributed by atoms with Gasteiger partial charge in [0.25, 0.3) is 0 Å². The molecule has 2 unspecified atom stereocenters. The van der Waals surface area contributed by atoms with Gasteiger partial charge in [0.2, 0.25) is 0 Å². The van der Waals surface area contributed by atoms with Crippen molar-refractivity contribution in [1.82, 2.24) is 9.80 Å². The maximum Gasteiger partial charge on any atom is 0.0682 e. The van der Waals surface area contributed by atoms with E-state index in [9.17, 15) is 5.11 Å². The van der Waals surface area contributed by atoms with Crippen molar-refractivity contribution < 1.29 is 5.11 Å². The SMILES string of the molecule is CN(C)CC1CC(O)CN1CC1(CCN)CC1. The van der Waals surface area contributed by atoms with Crippen LogP contribution >= 0.6 is 0 Å². The third kappa shape index (κ3) is 3.41. The van der Waals surface area contributed by atoms with Gasteiger partial charge in [0, 0.05) is 25.7 Å². The molecule has 2 aliphatic rings. The molecular weight excluding hydrogens is 214 g/mol. The zero-order valence-electron chi connectivity index (χ0n) is 11.2. The van der Waals surface area contributed by atoms with Crippen LogP contribution in [0.25, 0.3) is 0 Å². The molecule has 0 radical (unpaired) electrons. The lowest BCUT2D eigenvalue weighted by Crippen LogP contribution is -2.41. The van der Waals surface area contributed by atoms with Crippen molar-refractivity contribution in [2.75, 3.05) is 40.3 Å². The molecule has 2 fully saturated rings. The van der Waals surface area contributed by atoms with Crippen molar-refractivity contribution in [3.63, 3.8) is 0 Å².